The Morgan fingerprint density at radius 3 is 2.54 bits per heavy atom. The van der Waals surface area contributed by atoms with Crippen LogP contribution in [0.4, 0.5) is 5.69 Å². The Morgan fingerprint density at radius 1 is 1.08 bits per heavy atom. The number of pyridine rings is 1. The fourth-order valence-electron chi connectivity index (χ4n) is 2.27. The molecule has 24 heavy (non-hydrogen) atoms. The standard InChI is InChI=1S/C19H15IN2O2/c1-24-15-8-5-13(6-9-15)19(23)22-14-7-10-17(20)16(12-14)18-4-2-3-11-21-18/h2-12H,1H3,(H,22,23). The molecular formula is C19H15IN2O2. The molecule has 0 saturated carbocycles. The van der Waals surface area contributed by atoms with E-state index in [1.54, 1.807) is 37.6 Å². The molecule has 1 aromatic heterocycles. The molecule has 0 atom stereocenters. The van der Waals surface area contributed by atoms with Crippen LogP contribution in [0.3, 0.4) is 0 Å². The number of ether oxygens (including phenoxy) is 1. The van der Waals surface area contributed by atoms with Gasteiger partial charge in [0.05, 0.1) is 12.8 Å². The normalized spacial score (nSPS) is 10.2. The molecule has 0 bridgehead atoms. The Morgan fingerprint density at radius 2 is 1.88 bits per heavy atom. The van der Waals surface area contributed by atoms with Crippen LogP contribution in [0.2, 0.25) is 0 Å². The van der Waals surface area contributed by atoms with E-state index in [1.807, 2.05) is 36.4 Å². The third-order valence-corrected chi connectivity index (χ3v) is 4.46. The highest BCUT2D eigenvalue weighted by Gasteiger charge is 2.09. The maximum atomic E-state index is 12.4. The van der Waals surface area contributed by atoms with Crippen molar-refractivity contribution in [1.82, 2.24) is 4.98 Å². The summed E-state index contributed by atoms with van der Waals surface area (Å²) in [6.45, 7) is 0. The van der Waals surface area contributed by atoms with E-state index in [9.17, 15) is 4.79 Å². The van der Waals surface area contributed by atoms with Crippen LogP contribution in [0, 0.1) is 3.57 Å². The Hall–Kier alpha value is -2.41. The van der Waals surface area contributed by atoms with E-state index in [0.29, 0.717) is 5.56 Å². The first-order valence-corrected chi connectivity index (χ1v) is 8.41. The molecule has 2 aromatic carbocycles. The van der Waals surface area contributed by atoms with Crippen LogP contribution in [0.25, 0.3) is 11.3 Å². The first-order chi connectivity index (χ1) is 11.7. The van der Waals surface area contributed by atoms with E-state index in [-0.39, 0.29) is 5.91 Å². The molecule has 120 valence electrons. The van der Waals surface area contributed by atoms with E-state index in [2.05, 4.69) is 32.9 Å². The molecule has 0 radical (unpaired) electrons. The molecule has 0 aliphatic heterocycles. The van der Waals surface area contributed by atoms with Crippen molar-refractivity contribution in [2.75, 3.05) is 12.4 Å². The van der Waals surface area contributed by atoms with Gasteiger partial charge in [0.1, 0.15) is 5.75 Å². The predicted octanol–water partition coefficient (Wildman–Crippen LogP) is 4.61. The topological polar surface area (TPSA) is 51.2 Å². The molecule has 1 amide bonds. The van der Waals surface area contributed by atoms with Gasteiger partial charge >= 0.3 is 0 Å². The number of hydrogen-bond acceptors (Lipinski definition) is 3. The fraction of sp³-hybridized carbons (Fsp3) is 0.0526. The fourth-order valence-corrected chi connectivity index (χ4v) is 2.88. The summed E-state index contributed by atoms with van der Waals surface area (Å²) in [6, 6.07) is 18.6. The molecule has 0 aliphatic carbocycles. The lowest BCUT2D eigenvalue weighted by Crippen LogP contribution is -2.11. The van der Waals surface area contributed by atoms with E-state index < -0.39 is 0 Å². The third kappa shape index (κ3) is 3.73. The second-order valence-corrected chi connectivity index (χ2v) is 6.25. The lowest BCUT2D eigenvalue weighted by atomic mass is 10.1. The number of aromatic nitrogens is 1. The summed E-state index contributed by atoms with van der Waals surface area (Å²) in [7, 11) is 1.60. The summed E-state index contributed by atoms with van der Waals surface area (Å²) in [5, 5.41) is 2.92. The van der Waals surface area contributed by atoms with Crippen LogP contribution in [-0.2, 0) is 0 Å². The van der Waals surface area contributed by atoms with Gasteiger partial charge < -0.3 is 10.1 Å². The van der Waals surface area contributed by atoms with Crippen molar-refractivity contribution in [3.8, 4) is 17.0 Å². The first-order valence-electron chi connectivity index (χ1n) is 7.34. The molecule has 3 aromatic rings. The summed E-state index contributed by atoms with van der Waals surface area (Å²) in [4.78, 5) is 16.8. The van der Waals surface area contributed by atoms with Gasteiger partial charge in [0.2, 0.25) is 0 Å². The Labute approximate surface area is 154 Å². The van der Waals surface area contributed by atoms with Crippen molar-refractivity contribution < 1.29 is 9.53 Å². The van der Waals surface area contributed by atoms with Gasteiger partial charge in [-0.05, 0) is 77.2 Å². The van der Waals surface area contributed by atoms with Crippen molar-refractivity contribution in [3.63, 3.8) is 0 Å². The van der Waals surface area contributed by atoms with Gasteiger partial charge in [-0.15, -0.1) is 0 Å². The van der Waals surface area contributed by atoms with Crippen molar-refractivity contribution in [3.05, 3.63) is 76.0 Å². The molecule has 1 heterocycles. The lowest BCUT2D eigenvalue weighted by molar-refractivity contribution is 0.102. The van der Waals surface area contributed by atoms with Crippen molar-refractivity contribution in [2.24, 2.45) is 0 Å². The lowest BCUT2D eigenvalue weighted by Gasteiger charge is -2.09. The molecule has 0 fully saturated rings. The maximum Gasteiger partial charge on any atom is 0.255 e. The summed E-state index contributed by atoms with van der Waals surface area (Å²) >= 11 is 2.27. The minimum Gasteiger partial charge on any atom is -0.497 e. The number of hydrogen-bond donors (Lipinski definition) is 1. The van der Waals surface area contributed by atoms with Gasteiger partial charge in [0.25, 0.3) is 5.91 Å². The molecule has 5 heteroatoms. The average molecular weight is 430 g/mol. The Bertz CT molecular complexity index is 849. The van der Waals surface area contributed by atoms with Crippen molar-refractivity contribution in [1.29, 1.82) is 0 Å². The minimum atomic E-state index is -0.161. The quantitative estimate of drug-likeness (QED) is 0.615. The smallest absolute Gasteiger partial charge is 0.255 e. The van der Waals surface area contributed by atoms with Gasteiger partial charge in [-0.3, -0.25) is 9.78 Å². The van der Waals surface area contributed by atoms with Gasteiger partial charge in [-0.1, -0.05) is 6.07 Å². The molecule has 4 nitrogen and oxygen atoms in total. The molecule has 0 unspecified atom stereocenters. The zero-order valence-electron chi connectivity index (χ0n) is 13.0. The number of amides is 1. The number of rotatable bonds is 4. The van der Waals surface area contributed by atoms with E-state index in [0.717, 1.165) is 26.3 Å². The highest BCUT2D eigenvalue weighted by atomic mass is 127. The summed E-state index contributed by atoms with van der Waals surface area (Å²) < 4.78 is 6.18. The Kier molecular flexibility index (Phi) is 5.10. The molecule has 1 N–H and O–H groups in total. The van der Waals surface area contributed by atoms with E-state index in [1.165, 1.54) is 0 Å². The van der Waals surface area contributed by atoms with Crippen molar-refractivity contribution >= 4 is 34.2 Å². The molecule has 0 saturated heterocycles. The summed E-state index contributed by atoms with van der Waals surface area (Å²) in [6.07, 6.45) is 1.76. The number of methoxy groups -OCH3 is 1. The van der Waals surface area contributed by atoms with Crippen LogP contribution in [0.15, 0.2) is 66.9 Å². The van der Waals surface area contributed by atoms with Gasteiger partial charge in [0, 0.05) is 26.6 Å². The van der Waals surface area contributed by atoms with Crippen LogP contribution in [0.5, 0.6) is 5.75 Å². The maximum absolute atomic E-state index is 12.4. The Balaban J connectivity index is 1.83. The summed E-state index contributed by atoms with van der Waals surface area (Å²) in [5.41, 5.74) is 3.18. The zero-order valence-corrected chi connectivity index (χ0v) is 15.2. The highest BCUT2D eigenvalue weighted by molar-refractivity contribution is 14.1. The van der Waals surface area contributed by atoms with Gasteiger partial charge in [-0.25, -0.2) is 0 Å². The number of nitrogens with one attached hydrogen (secondary N) is 1. The number of carbonyl (C=O) groups is 1. The SMILES string of the molecule is COc1ccc(C(=O)Nc2ccc(I)c(-c3ccccn3)c2)cc1. The van der Waals surface area contributed by atoms with E-state index >= 15 is 0 Å². The van der Waals surface area contributed by atoms with Gasteiger partial charge in [0.15, 0.2) is 0 Å². The molecule has 0 spiro atoms. The first kappa shape index (κ1) is 16.4. The minimum absolute atomic E-state index is 0.161. The molecule has 0 aliphatic rings. The van der Waals surface area contributed by atoms with Crippen LogP contribution >= 0.6 is 22.6 Å². The summed E-state index contributed by atoms with van der Waals surface area (Å²) in [5.74, 6) is 0.559. The molecular weight excluding hydrogens is 415 g/mol. The van der Waals surface area contributed by atoms with E-state index in [4.69, 9.17) is 4.74 Å². The number of halogens is 1. The van der Waals surface area contributed by atoms with Crippen LogP contribution in [-0.4, -0.2) is 18.0 Å². The number of carbonyl (C=O) groups excluding carboxylic acids is 1. The average Bonchev–Trinajstić information content (AvgIpc) is 2.64. The van der Waals surface area contributed by atoms with Crippen LogP contribution < -0.4 is 10.1 Å². The predicted molar refractivity (Wildman–Crippen MR) is 103 cm³/mol. The monoisotopic (exact) mass is 430 g/mol. The number of anilines is 1. The largest absolute Gasteiger partial charge is 0.497 e. The second kappa shape index (κ2) is 7.44. The van der Waals surface area contributed by atoms with Crippen LogP contribution in [0.1, 0.15) is 10.4 Å². The number of benzene rings is 2. The van der Waals surface area contributed by atoms with Crippen molar-refractivity contribution in [2.45, 2.75) is 0 Å². The highest BCUT2D eigenvalue weighted by Crippen LogP contribution is 2.27. The van der Waals surface area contributed by atoms with Gasteiger partial charge in [-0.2, -0.15) is 0 Å². The number of nitrogens with zero attached hydrogens (tertiary/aromatic N) is 1. The third-order valence-electron chi connectivity index (χ3n) is 3.52. The molecule has 3 rings (SSSR count). The second-order valence-electron chi connectivity index (χ2n) is 5.09. The zero-order chi connectivity index (χ0) is 16.9.